The van der Waals surface area contributed by atoms with Crippen LogP contribution in [0.4, 0.5) is 0 Å². The fraction of sp³-hybridized carbons (Fsp3) is 0.333. The second-order valence-corrected chi connectivity index (χ2v) is 3.52. The van der Waals surface area contributed by atoms with Crippen molar-refractivity contribution in [2.24, 2.45) is 0 Å². The lowest BCUT2D eigenvalue weighted by atomic mass is 10.1. The Labute approximate surface area is 87.4 Å². The molecular weight excluding hydrogens is 209 g/mol. The summed E-state index contributed by atoms with van der Waals surface area (Å²) in [5.74, 6) is 0. The Balaban J connectivity index is 3.05. The zero-order valence-corrected chi connectivity index (χ0v) is 8.73. The summed E-state index contributed by atoms with van der Waals surface area (Å²) in [7, 11) is 0. The third-order valence-corrected chi connectivity index (χ3v) is 2.75. The van der Waals surface area contributed by atoms with Crippen LogP contribution in [0.3, 0.4) is 0 Å². The number of nitrogens with one attached hydrogen (secondary N) is 1. The molecule has 72 valence electrons. The molecule has 0 spiro atoms. The standard InChI is InChI=1S/C9H11Cl2NO/c1-2-8(12-13)6-4-3-5-7(10)9(6)11/h3-5,8,12-13H,2H2,1H3. The van der Waals surface area contributed by atoms with Crippen LogP contribution in [0.5, 0.6) is 0 Å². The van der Waals surface area contributed by atoms with E-state index in [1.165, 1.54) is 0 Å². The third kappa shape index (κ3) is 2.35. The summed E-state index contributed by atoms with van der Waals surface area (Å²) in [5, 5.41) is 9.85. The second kappa shape index (κ2) is 4.82. The molecule has 0 aliphatic heterocycles. The lowest BCUT2D eigenvalue weighted by molar-refractivity contribution is 0.124. The van der Waals surface area contributed by atoms with Gasteiger partial charge in [-0.2, -0.15) is 5.48 Å². The minimum atomic E-state index is -0.161. The number of hydrogen-bond acceptors (Lipinski definition) is 2. The van der Waals surface area contributed by atoms with Crippen molar-refractivity contribution in [2.75, 3.05) is 0 Å². The first kappa shape index (κ1) is 10.8. The molecule has 0 saturated carbocycles. The second-order valence-electron chi connectivity index (χ2n) is 2.73. The van der Waals surface area contributed by atoms with E-state index < -0.39 is 0 Å². The van der Waals surface area contributed by atoms with E-state index in [-0.39, 0.29) is 6.04 Å². The fourth-order valence-electron chi connectivity index (χ4n) is 1.17. The van der Waals surface area contributed by atoms with Crippen LogP contribution >= 0.6 is 23.2 Å². The van der Waals surface area contributed by atoms with E-state index >= 15 is 0 Å². The highest BCUT2D eigenvalue weighted by Gasteiger charge is 2.12. The summed E-state index contributed by atoms with van der Waals surface area (Å²) in [4.78, 5) is 0. The quantitative estimate of drug-likeness (QED) is 0.765. The monoisotopic (exact) mass is 219 g/mol. The van der Waals surface area contributed by atoms with E-state index in [1.54, 1.807) is 6.07 Å². The van der Waals surface area contributed by atoms with Gasteiger partial charge in [-0.05, 0) is 18.1 Å². The molecule has 4 heteroatoms. The first-order valence-electron chi connectivity index (χ1n) is 4.04. The van der Waals surface area contributed by atoms with Crippen molar-refractivity contribution in [3.05, 3.63) is 33.8 Å². The summed E-state index contributed by atoms with van der Waals surface area (Å²) in [6, 6.07) is 5.21. The molecule has 1 aromatic rings. The van der Waals surface area contributed by atoms with Gasteiger partial charge in [0.2, 0.25) is 0 Å². The topological polar surface area (TPSA) is 32.3 Å². The molecule has 1 aromatic carbocycles. The van der Waals surface area contributed by atoms with Gasteiger partial charge in [0.1, 0.15) is 0 Å². The zero-order chi connectivity index (χ0) is 9.84. The van der Waals surface area contributed by atoms with Crippen molar-refractivity contribution in [1.29, 1.82) is 0 Å². The first-order chi connectivity index (χ1) is 6.20. The molecular formula is C9H11Cl2NO. The minimum Gasteiger partial charge on any atom is -0.316 e. The summed E-state index contributed by atoms with van der Waals surface area (Å²) in [6.07, 6.45) is 0.747. The molecule has 0 aliphatic carbocycles. The van der Waals surface area contributed by atoms with E-state index in [0.29, 0.717) is 10.0 Å². The Morgan fingerprint density at radius 2 is 2.15 bits per heavy atom. The van der Waals surface area contributed by atoms with Crippen molar-refractivity contribution in [3.8, 4) is 0 Å². The maximum Gasteiger partial charge on any atom is 0.0640 e. The van der Waals surface area contributed by atoms with Crippen molar-refractivity contribution < 1.29 is 5.21 Å². The van der Waals surface area contributed by atoms with Crippen molar-refractivity contribution in [3.63, 3.8) is 0 Å². The van der Waals surface area contributed by atoms with Crippen LogP contribution in [0, 0.1) is 0 Å². The predicted molar refractivity (Wildman–Crippen MR) is 54.4 cm³/mol. The van der Waals surface area contributed by atoms with Crippen molar-refractivity contribution >= 4 is 23.2 Å². The van der Waals surface area contributed by atoms with Gasteiger partial charge in [0, 0.05) is 0 Å². The lowest BCUT2D eigenvalue weighted by Gasteiger charge is -2.14. The van der Waals surface area contributed by atoms with Gasteiger partial charge in [0.25, 0.3) is 0 Å². The maximum absolute atomic E-state index is 8.84. The molecule has 2 N–H and O–H groups in total. The van der Waals surface area contributed by atoms with Gasteiger partial charge in [-0.1, -0.05) is 42.3 Å². The van der Waals surface area contributed by atoms with Gasteiger partial charge in [0.05, 0.1) is 16.1 Å². The molecule has 1 atom stereocenters. The van der Waals surface area contributed by atoms with E-state index in [9.17, 15) is 0 Å². The van der Waals surface area contributed by atoms with Crippen LogP contribution in [0.2, 0.25) is 10.0 Å². The number of hydroxylamine groups is 1. The highest BCUT2D eigenvalue weighted by atomic mass is 35.5. The minimum absolute atomic E-state index is 0.161. The van der Waals surface area contributed by atoms with E-state index in [2.05, 4.69) is 5.48 Å². The van der Waals surface area contributed by atoms with Crippen LogP contribution in [0.25, 0.3) is 0 Å². The summed E-state index contributed by atoms with van der Waals surface area (Å²) in [5.41, 5.74) is 3.01. The van der Waals surface area contributed by atoms with E-state index in [1.807, 2.05) is 19.1 Å². The normalized spacial score (nSPS) is 12.9. The average Bonchev–Trinajstić information content (AvgIpc) is 2.14. The number of halogens is 2. The zero-order valence-electron chi connectivity index (χ0n) is 7.22. The van der Waals surface area contributed by atoms with Crippen molar-refractivity contribution in [1.82, 2.24) is 5.48 Å². The van der Waals surface area contributed by atoms with Crippen molar-refractivity contribution in [2.45, 2.75) is 19.4 Å². The summed E-state index contributed by atoms with van der Waals surface area (Å²) >= 11 is 11.8. The number of rotatable bonds is 3. The van der Waals surface area contributed by atoms with Crippen LogP contribution in [0.15, 0.2) is 18.2 Å². The Kier molecular flexibility index (Phi) is 4.00. The highest BCUT2D eigenvalue weighted by molar-refractivity contribution is 6.42. The molecule has 0 amide bonds. The summed E-state index contributed by atoms with van der Waals surface area (Å²) in [6.45, 7) is 1.95. The molecule has 0 bridgehead atoms. The summed E-state index contributed by atoms with van der Waals surface area (Å²) < 4.78 is 0. The SMILES string of the molecule is CCC(NO)c1cccc(Cl)c1Cl. The Hall–Kier alpha value is -0.280. The molecule has 2 nitrogen and oxygen atoms in total. The van der Waals surface area contributed by atoms with Crippen LogP contribution in [-0.4, -0.2) is 5.21 Å². The molecule has 0 radical (unpaired) electrons. The van der Waals surface area contributed by atoms with E-state index in [4.69, 9.17) is 28.4 Å². The van der Waals surface area contributed by atoms with Gasteiger partial charge in [0.15, 0.2) is 0 Å². The Morgan fingerprint density at radius 1 is 1.46 bits per heavy atom. The first-order valence-corrected chi connectivity index (χ1v) is 4.79. The van der Waals surface area contributed by atoms with Crippen LogP contribution in [-0.2, 0) is 0 Å². The maximum atomic E-state index is 8.84. The lowest BCUT2D eigenvalue weighted by Crippen LogP contribution is -2.16. The number of benzene rings is 1. The molecule has 0 fully saturated rings. The molecule has 0 aromatic heterocycles. The van der Waals surface area contributed by atoms with Gasteiger partial charge in [-0.25, -0.2) is 0 Å². The van der Waals surface area contributed by atoms with E-state index in [0.717, 1.165) is 12.0 Å². The smallest absolute Gasteiger partial charge is 0.0640 e. The van der Waals surface area contributed by atoms with Crippen LogP contribution in [0.1, 0.15) is 24.9 Å². The van der Waals surface area contributed by atoms with Gasteiger partial charge in [-0.15, -0.1) is 0 Å². The average molecular weight is 220 g/mol. The van der Waals surface area contributed by atoms with Gasteiger partial charge >= 0.3 is 0 Å². The molecule has 13 heavy (non-hydrogen) atoms. The van der Waals surface area contributed by atoms with Gasteiger partial charge < -0.3 is 5.21 Å². The molecule has 1 rings (SSSR count). The Morgan fingerprint density at radius 3 is 2.69 bits per heavy atom. The fourth-order valence-corrected chi connectivity index (χ4v) is 1.61. The largest absolute Gasteiger partial charge is 0.316 e. The van der Waals surface area contributed by atoms with Crippen LogP contribution < -0.4 is 5.48 Å². The Bertz CT molecular complexity index is 287. The van der Waals surface area contributed by atoms with Gasteiger partial charge in [-0.3, -0.25) is 0 Å². The third-order valence-electron chi connectivity index (χ3n) is 1.92. The number of hydrogen-bond donors (Lipinski definition) is 2. The molecule has 1 unspecified atom stereocenters. The highest BCUT2D eigenvalue weighted by Crippen LogP contribution is 2.30. The molecule has 0 heterocycles. The molecule has 0 aliphatic rings. The predicted octanol–water partition coefficient (Wildman–Crippen LogP) is 3.42. The molecule has 0 saturated heterocycles.